The maximum atomic E-state index is 13.0. The lowest BCUT2D eigenvalue weighted by atomic mass is 10.1. The Morgan fingerprint density at radius 1 is 0.844 bits per heavy atom. The van der Waals surface area contributed by atoms with Crippen LogP contribution in [-0.2, 0) is 16.4 Å². The zero-order valence-electron chi connectivity index (χ0n) is 16.9. The van der Waals surface area contributed by atoms with Gasteiger partial charge in [0.2, 0.25) is 0 Å². The summed E-state index contributed by atoms with van der Waals surface area (Å²) in [5.74, 6) is 1.09. The van der Waals surface area contributed by atoms with Crippen LogP contribution in [0.25, 0.3) is 0 Å². The van der Waals surface area contributed by atoms with Crippen LogP contribution in [0, 0.1) is 5.82 Å². The number of sulfonamides is 1. The molecule has 0 aromatic heterocycles. The van der Waals surface area contributed by atoms with Crippen LogP contribution in [0.15, 0.2) is 74.5 Å². The third-order valence-corrected chi connectivity index (χ3v) is 7.83. The highest BCUT2D eigenvalue weighted by Crippen LogP contribution is 2.37. The molecule has 3 aromatic rings. The number of rotatable bonds is 2. The monoisotopic (exact) mass is 583 g/mol. The third kappa shape index (κ3) is 5.10. The molecule has 5 rings (SSSR count). The summed E-state index contributed by atoms with van der Waals surface area (Å²) in [6.07, 6.45) is 2.29. The fourth-order valence-corrected chi connectivity index (χ4v) is 5.69. The number of anilines is 1. The number of aryl methyl sites for hydroxylation is 1. The molecule has 0 unspecified atom stereocenters. The van der Waals surface area contributed by atoms with Crippen LogP contribution in [0.4, 0.5) is 10.1 Å². The van der Waals surface area contributed by atoms with Gasteiger partial charge in [-0.25, -0.2) is 12.8 Å². The predicted molar refractivity (Wildman–Crippen MR) is 129 cm³/mol. The average Bonchev–Trinajstić information content (AvgIpc) is 2.79. The van der Waals surface area contributed by atoms with Crippen LogP contribution in [0.2, 0.25) is 0 Å². The highest BCUT2D eigenvalue weighted by atomic mass is 79.9. The molecule has 0 N–H and O–H groups in total. The zero-order valence-corrected chi connectivity index (χ0v) is 20.9. The second kappa shape index (κ2) is 9.80. The quantitative estimate of drug-likeness (QED) is 0.373. The topological polar surface area (TPSA) is 55.8 Å². The first-order chi connectivity index (χ1) is 15.3. The average molecular weight is 585 g/mol. The summed E-state index contributed by atoms with van der Waals surface area (Å²) in [5.41, 5.74) is 1.80. The molecule has 0 saturated carbocycles. The minimum atomic E-state index is -3.74. The number of ether oxygens (including phenoxy) is 2. The Morgan fingerprint density at radius 3 is 2.25 bits per heavy atom. The van der Waals surface area contributed by atoms with E-state index in [-0.39, 0.29) is 18.0 Å². The smallest absolute Gasteiger partial charge is 0.264 e. The molecule has 2 aliphatic rings. The van der Waals surface area contributed by atoms with Gasteiger partial charge in [-0.05, 0) is 79.1 Å². The van der Waals surface area contributed by atoms with Crippen molar-refractivity contribution in [3.05, 3.63) is 81.0 Å². The standard InChI is InChI=1S/C14H11BrFNO3S.C9H9BrO/c15-10-1-6-14-13(9-10)17(7-8-20-14)21(18,19)12-4-2-11(16)3-5-12;10-8-3-4-9-7(6-8)2-1-5-11-9/h1-6,9H,7-8H2;3-4,6H,1-2,5H2. The van der Waals surface area contributed by atoms with Gasteiger partial charge in [-0.3, -0.25) is 4.31 Å². The first-order valence-electron chi connectivity index (χ1n) is 9.96. The second-order valence-electron chi connectivity index (χ2n) is 7.20. The molecule has 9 heteroatoms. The van der Waals surface area contributed by atoms with Gasteiger partial charge >= 0.3 is 0 Å². The van der Waals surface area contributed by atoms with Gasteiger partial charge in [-0.1, -0.05) is 31.9 Å². The molecule has 0 aliphatic carbocycles. The van der Waals surface area contributed by atoms with Crippen LogP contribution in [-0.4, -0.2) is 28.2 Å². The van der Waals surface area contributed by atoms with E-state index in [9.17, 15) is 12.8 Å². The van der Waals surface area contributed by atoms with Crippen molar-refractivity contribution in [2.45, 2.75) is 17.7 Å². The van der Waals surface area contributed by atoms with Gasteiger partial charge in [0.1, 0.15) is 23.9 Å². The molecule has 0 fully saturated rings. The molecule has 0 saturated heterocycles. The van der Waals surface area contributed by atoms with E-state index in [2.05, 4.69) is 37.9 Å². The van der Waals surface area contributed by atoms with E-state index >= 15 is 0 Å². The lowest BCUT2D eigenvalue weighted by Crippen LogP contribution is -2.37. The van der Waals surface area contributed by atoms with Crippen LogP contribution < -0.4 is 13.8 Å². The normalized spacial score (nSPS) is 14.8. The van der Waals surface area contributed by atoms with Crippen molar-refractivity contribution in [3.8, 4) is 11.5 Å². The Kier molecular flexibility index (Phi) is 7.07. The maximum Gasteiger partial charge on any atom is 0.264 e. The van der Waals surface area contributed by atoms with Crippen molar-refractivity contribution in [2.24, 2.45) is 0 Å². The van der Waals surface area contributed by atoms with Crippen LogP contribution in [0.5, 0.6) is 11.5 Å². The molecule has 0 atom stereocenters. The summed E-state index contributed by atoms with van der Waals surface area (Å²) in [5, 5.41) is 0. The van der Waals surface area contributed by atoms with E-state index in [0.29, 0.717) is 11.4 Å². The van der Waals surface area contributed by atoms with Gasteiger partial charge in [-0.2, -0.15) is 0 Å². The van der Waals surface area contributed by atoms with Crippen molar-refractivity contribution in [1.29, 1.82) is 0 Å². The summed E-state index contributed by atoms with van der Waals surface area (Å²) < 4.78 is 52.5. The van der Waals surface area contributed by atoms with Crippen molar-refractivity contribution >= 4 is 47.6 Å². The van der Waals surface area contributed by atoms with Gasteiger partial charge in [0.25, 0.3) is 10.0 Å². The first-order valence-corrected chi connectivity index (χ1v) is 13.0. The molecule has 2 heterocycles. The molecular weight excluding hydrogens is 565 g/mol. The first kappa shape index (κ1) is 23.1. The molecule has 168 valence electrons. The minimum Gasteiger partial charge on any atom is -0.493 e. The van der Waals surface area contributed by atoms with Crippen molar-refractivity contribution in [3.63, 3.8) is 0 Å². The number of hydrogen-bond donors (Lipinski definition) is 0. The molecule has 0 spiro atoms. The number of halogens is 3. The summed E-state index contributed by atoms with van der Waals surface area (Å²) in [7, 11) is -3.74. The van der Waals surface area contributed by atoms with Crippen LogP contribution in [0.3, 0.4) is 0 Å². The lowest BCUT2D eigenvalue weighted by molar-refractivity contribution is 0.288. The SMILES string of the molecule is Brc1ccc2c(c1)CCCO2.O=S(=O)(c1ccc(F)cc1)N1CCOc2ccc(Br)cc21. The van der Waals surface area contributed by atoms with E-state index in [1.54, 1.807) is 18.2 Å². The Hall–Kier alpha value is -2.10. The summed E-state index contributed by atoms with van der Waals surface area (Å²) in [6, 6.07) is 16.2. The van der Waals surface area contributed by atoms with Crippen molar-refractivity contribution in [2.75, 3.05) is 24.1 Å². The van der Waals surface area contributed by atoms with Crippen molar-refractivity contribution in [1.82, 2.24) is 0 Å². The molecule has 0 bridgehead atoms. The highest BCUT2D eigenvalue weighted by molar-refractivity contribution is 9.10. The van der Waals surface area contributed by atoms with Crippen LogP contribution in [0.1, 0.15) is 12.0 Å². The Labute approximate surface area is 203 Å². The highest BCUT2D eigenvalue weighted by Gasteiger charge is 2.30. The molecule has 2 aliphatic heterocycles. The molecule has 3 aromatic carbocycles. The van der Waals surface area contributed by atoms with Gasteiger partial charge < -0.3 is 9.47 Å². The maximum absolute atomic E-state index is 13.0. The van der Waals surface area contributed by atoms with Gasteiger partial charge in [0.15, 0.2) is 0 Å². The second-order valence-corrected chi connectivity index (χ2v) is 10.9. The summed E-state index contributed by atoms with van der Waals surface area (Å²) in [6.45, 7) is 1.35. The van der Waals surface area contributed by atoms with E-state index in [4.69, 9.17) is 9.47 Å². The number of benzene rings is 3. The minimum absolute atomic E-state index is 0.0525. The lowest BCUT2D eigenvalue weighted by Gasteiger charge is -2.30. The predicted octanol–water partition coefficient (Wildman–Crippen LogP) is 5.95. The number of nitrogens with zero attached hydrogens (tertiary/aromatic N) is 1. The van der Waals surface area contributed by atoms with Gasteiger partial charge in [0.05, 0.1) is 23.7 Å². The number of hydrogen-bond acceptors (Lipinski definition) is 4. The van der Waals surface area contributed by atoms with Gasteiger partial charge in [-0.15, -0.1) is 0 Å². The van der Waals surface area contributed by atoms with E-state index in [1.165, 1.54) is 22.0 Å². The number of fused-ring (bicyclic) bond motifs is 2. The third-order valence-electron chi connectivity index (χ3n) is 5.01. The van der Waals surface area contributed by atoms with E-state index < -0.39 is 15.8 Å². The Balaban J connectivity index is 0.000000186. The van der Waals surface area contributed by atoms with Gasteiger partial charge in [0, 0.05) is 8.95 Å². The fraction of sp³-hybridized carbons (Fsp3) is 0.217. The Bertz CT molecular complexity index is 1220. The van der Waals surface area contributed by atoms with Crippen molar-refractivity contribution < 1.29 is 22.3 Å². The fourth-order valence-electron chi connectivity index (χ4n) is 3.48. The molecule has 0 radical (unpaired) electrons. The summed E-state index contributed by atoms with van der Waals surface area (Å²) >= 11 is 6.76. The summed E-state index contributed by atoms with van der Waals surface area (Å²) in [4.78, 5) is 0.0525. The largest absolute Gasteiger partial charge is 0.493 e. The van der Waals surface area contributed by atoms with E-state index in [0.717, 1.165) is 46.3 Å². The van der Waals surface area contributed by atoms with Crippen LogP contribution >= 0.6 is 31.9 Å². The van der Waals surface area contributed by atoms with E-state index in [1.807, 2.05) is 12.1 Å². The molecular formula is C23H20Br2FNO4S. The Morgan fingerprint density at radius 2 is 1.50 bits per heavy atom. The molecule has 0 amide bonds. The molecule has 5 nitrogen and oxygen atoms in total. The zero-order chi connectivity index (χ0) is 22.7. The molecule has 32 heavy (non-hydrogen) atoms.